The average Bonchev–Trinajstić information content (AvgIpc) is 3.01. The number of benzene rings is 2. The second-order valence-electron chi connectivity index (χ2n) is 5.08. The number of amides is 1. The minimum Gasteiger partial charge on any atom is -0.451 e. The summed E-state index contributed by atoms with van der Waals surface area (Å²) in [6, 6.07) is 14.6. The van der Waals surface area contributed by atoms with Gasteiger partial charge in [-0.2, -0.15) is 0 Å². The lowest BCUT2D eigenvalue weighted by Gasteiger charge is -2.06. The van der Waals surface area contributed by atoms with Crippen LogP contribution in [0.1, 0.15) is 16.1 Å². The van der Waals surface area contributed by atoms with Gasteiger partial charge in [0.25, 0.3) is 5.91 Å². The second kappa shape index (κ2) is 6.26. The highest BCUT2D eigenvalue weighted by Crippen LogP contribution is 2.24. The first-order valence-electron chi connectivity index (χ1n) is 6.96. The first kappa shape index (κ1) is 15.3. The Labute approximate surface area is 137 Å². The Balaban J connectivity index is 1.79. The number of carbonyl (C=O) groups is 1. The molecule has 1 aromatic heterocycles. The number of hydrogen-bond acceptors (Lipinski definition) is 2. The van der Waals surface area contributed by atoms with Gasteiger partial charge in [-0.1, -0.05) is 11.6 Å². The van der Waals surface area contributed by atoms with Crippen LogP contribution in [-0.4, -0.2) is 5.91 Å². The maximum atomic E-state index is 13.1. The van der Waals surface area contributed by atoms with E-state index in [4.69, 9.17) is 16.0 Å². The molecular formula is C18H13ClFNO2. The number of halogens is 2. The third kappa shape index (κ3) is 3.43. The number of carbonyl (C=O) groups excluding carboxylic acids is 1. The Morgan fingerprint density at radius 3 is 2.52 bits per heavy atom. The number of furan rings is 1. The lowest BCUT2D eigenvalue weighted by Crippen LogP contribution is -2.11. The standard InChI is InChI=1S/C18H13ClFNO2/c1-11-10-14(20)6-7-15(11)21-18(22)17-9-8-16(23-17)12-2-4-13(19)5-3-12/h2-10H,1H3,(H,21,22). The highest BCUT2D eigenvalue weighted by molar-refractivity contribution is 6.30. The summed E-state index contributed by atoms with van der Waals surface area (Å²) in [5.74, 6) is 0.0183. The van der Waals surface area contributed by atoms with Crippen molar-refractivity contribution in [1.29, 1.82) is 0 Å². The summed E-state index contributed by atoms with van der Waals surface area (Å²) in [5, 5.41) is 3.34. The number of anilines is 1. The Bertz CT molecular complexity index is 856. The Morgan fingerprint density at radius 2 is 1.83 bits per heavy atom. The molecule has 0 saturated carbocycles. The largest absolute Gasteiger partial charge is 0.451 e. The Hall–Kier alpha value is -2.59. The van der Waals surface area contributed by atoms with Gasteiger partial charge in [0.05, 0.1) is 0 Å². The molecule has 1 heterocycles. The van der Waals surface area contributed by atoms with Gasteiger partial charge < -0.3 is 9.73 Å². The van der Waals surface area contributed by atoms with Gasteiger partial charge in [0.2, 0.25) is 0 Å². The van der Waals surface area contributed by atoms with Crippen molar-refractivity contribution in [3.63, 3.8) is 0 Å². The van der Waals surface area contributed by atoms with Crippen molar-refractivity contribution in [2.75, 3.05) is 5.32 Å². The van der Waals surface area contributed by atoms with E-state index in [0.29, 0.717) is 22.0 Å². The summed E-state index contributed by atoms with van der Waals surface area (Å²) >= 11 is 5.85. The molecule has 0 unspecified atom stereocenters. The van der Waals surface area contributed by atoms with Crippen molar-refractivity contribution in [2.45, 2.75) is 6.92 Å². The quantitative estimate of drug-likeness (QED) is 0.708. The first-order valence-corrected chi connectivity index (χ1v) is 7.34. The van der Waals surface area contributed by atoms with E-state index in [2.05, 4.69) is 5.32 Å². The van der Waals surface area contributed by atoms with Crippen LogP contribution in [0.4, 0.5) is 10.1 Å². The molecule has 0 aliphatic rings. The molecule has 0 saturated heterocycles. The summed E-state index contributed by atoms with van der Waals surface area (Å²) in [6.07, 6.45) is 0. The van der Waals surface area contributed by atoms with Crippen LogP contribution in [0, 0.1) is 12.7 Å². The maximum Gasteiger partial charge on any atom is 0.291 e. The minimum atomic E-state index is -0.389. The molecular weight excluding hydrogens is 317 g/mol. The van der Waals surface area contributed by atoms with E-state index in [1.54, 1.807) is 31.2 Å². The van der Waals surface area contributed by atoms with Gasteiger partial charge in [-0.15, -0.1) is 0 Å². The van der Waals surface area contributed by atoms with Gasteiger partial charge >= 0.3 is 0 Å². The molecule has 23 heavy (non-hydrogen) atoms. The van der Waals surface area contributed by atoms with Gasteiger partial charge in [-0.05, 0) is 67.1 Å². The fourth-order valence-corrected chi connectivity index (χ4v) is 2.31. The van der Waals surface area contributed by atoms with Crippen molar-refractivity contribution in [2.24, 2.45) is 0 Å². The second-order valence-corrected chi connectivity index (χ2v) is 5.52. The summed E-state index contributed by atoms with van der Waals surface area (Å²) in [7, 11) is 0. The monoisotopic (exact) mass is 329 g/mol. The lowest BCUT2D eigenvalue weighted by molar-refractivity contribution is 0.0997. The fourth-order valence-electron chi connectivity index (χ4n) is 2.18. The van der Waals surface area contributed by atoms with Crippen LogP contribution < -0.4 is 5.32 Å². The minimum absolute atomic E-state index is 0.179. The lowest BCUT2D eigenvalue weighted by atomic mass is 10.2. The van der Waals surface area contributed by atoms with E-state index in [0.717, 1.165) is 5.56 Å². The van der Waals surface area contributed by atoms with Crippen LogP contribution in [0.2, 0.25) is 5.02 Å². The van der Waals surface area contributed by atoms with Crippen LogP contribution in [0.25, 0.3) is 11.3 Å². The molecule has 3 aromatic rings. The van der Waals surface area contributed by atoms with E-state index in [1.165, 1.54) is 18.2 Å². The topological polar surface area (TPSA) is 42.2 Å². The first-order chi connectivity index (χ1) is 11.0. The number of rotatable bonds is 3. The summed E-state index contributed by atoms with van der Waals surface area (Å²) in [5.41, 5.74) is 2.01. The van der Waals surface area contributed by atoms with Crippen molar-refractivity contribution in [3.8, 4) is 11.3 Å². The predicted octanol–water partition coefficient (Wildman–Crippen LogP) is 5.30. The highest BCUT2D eigenvalue weighted by Gasteiger charge is 2.13. The predicted molar refractivity (Wildman–Crippen MR) is 88.2 cm³/mol. The zero-order chi connectivity index (χ0) is 16.4. The van der Waals surface area contributed by atoms with E-state index in [-0.39, 0.29) is 17.5 Å². The number of hydrogen-bond donors (Lipinski definition) is 1. The highest BCUT2D eigenvalue weighted by atomic mass is 35.5. The van der Waals surface area contributed by atoms with Crippen molar-refractivity contribution >= 4 is 23.2 Å². The summed E-state index contributed by atoms with van der Waals surface area (Å²) in [6.45, 7) is 1.72. The van der Waals surface area contributed by atoms with Gasteiger partial charge in [0.15, 0.2) is 5.76 Å². The molecule has 3 nitrogen and oxygen atoms in total. The van der Waals surface area contributed by atoms with E-state index in [9.17, 15) is 9.18 Å². The molecule has 116 valence electrons. The van der Waals surface area contributed by atoms with Gasteiger partial charge in [0.1, 0.15) is 11.6 Å². The SMILES string of the molecule is Cc1cc(F)ccc1NC(=O)c1ccc(-c2ccc(Cl)cc2)o1. The molecule has 3 rings (SSSR count). The van der Waals surface area contributed by atoms with E-state index in [1.807, 2.05) is 12.1 Å². The molecule has 1 amide bonds. The molecule has 0 spiro atoms. The summed E-state index contributed by atoms with van der Waals surface area (Å²) in [4.78, 5) is 12.2. The molecule has 2 aromatic carbocycles. The smallest absolute Gasteiger partial charge is 0.291 e. The Kier molecular flexibility index (Phi) is 4.17. The van der Waals surface area contributed by atoms with E-state index >= 15 is 0 Å². The van der Waals surface area contributed by atoms with Crippen LogP contribution in [-0.2, 0) is 0 Å². The Morgan fingerprint density at radius 1 is 1.09 bits per heavy atom. The third-order valence-electron chi connectivity index (χ3n) is 3.40. The molecule has 0 atom stereocenters. The zero-order valence-corrected chi connectivity index (χ0v) is 13.0. The molecule has 0 bridgehead atoms. The third-order valence-corrected chi connectivity index (χ3v) is 3.65. The fraction of sp³-hybridized carbons (Fsp3) is 0.0556. The average molecular weight is 330 g/mol. The van der Waals surface area contributed by atoms with Crippen molar-refractivity contribution < 1.29 is 13.6 Å². The zero-order valence-electron chi connectivity index (χ0n) is 12.3. The van der Waals surface area contributed by atoms with Crippen LogP contribution >= 0.6 is 11.6 Å². The normalized spacial score (nSPS) is 10.6. The maximum absolute atomic E-state index is 13.1. The van der Waals surface area contributed by atoms with E-state index < -0.39 is 0 Å². The van der Waals surface area contributed by atoms with Gasteiger partial charge in [0, 0.05) is 16.3 Å². The van der Waals surface area contributed by atoms with Gasteiger partial charge in [-0.3, -0.25) is 4.79 Å². The number of nitrogens with one attached hydrogen (secondary N) is 1. The molecule has 0 fully saturated rings. The van der Waals surface area contributed by atoms with Crippen molar-refractivity contribution in [3.05, 3.63) is 76.8 Å². The van der Waals surface area contributed by atoms with Crippen LogP contribution in [0.5, 0.6) is 0 Å². The van der Waals surface area contributed by atoms with Gasteiger partial charge in [-0.25, -0.2) is 4.39 Å². The van der Waals surface area contributed by atoms with Crippen LogP contribution in [0.15, 0.2) is 59.0 Å². The molecule has 0 radical (unpaired) electrons. The molecule has 0 aliphatic carbocycles. The number of aryl methyl sites for hydroxylation is 1. The molecule has 5 heteroatoms. The van der Waals surface area contributed by atoms with Crippen LogP contribution in [0.3, 0.4) is 0 Å². The molecule has 0 aliphatic heterocycles. The molecule has 1 N–H and O–H groups in total. The summed E-state index contributed by atoms with van der Waals surface area (Å²) < 4.78 is 18.7. The van der Waals surface area contributed by atoms with Crippen molar-refractivity contribution in [1.82, 2.24) is 0 Å².